The number of amides is 1. The van der Waals surface area contributed by atoms with Crippen LogP contribution < -0.4 is 5.32 Å². The lowest BCUT2D eigenvalue weighted by atomic mass is 10.2. The van der Waals surface area contributed by atoms with Crippen molar-refractivity contribution in [2.75, 3.05) is 17.7 Å². The number of benzene rings is 1. The Bertz CT molecular complexity index is 1200. The van der Waals surface area contributed by atoms with Crippen molar-refractivity contribution >= 4 is 55.7 Å². The van der Waals surface area contributed by atoms with Crippen LogP contribution in [-0.2, 0) is 16.1 Å². The molecule has 1 saturated heterocycles. The lowest BCUT2D eigenvalue weighted by Crippen LogP contribution is -2.18. The van der Waals surface area contributed by atoms with Crippen LogP contribution in [0.4, 0.5) is 9.52 Å². The first-order valence-electron chi connectivity index (χ1n) is 9.73. The van der Waals surface area contributed by atoms with Crippen LogP contribution in [0, 0.1) is 5.82 Å². The first kappa shape index (κ1) is 20.6. The molecule has 7 nitrogen and oxygen atoms in total. The van der Waals surface area contributed by atoms with Gasteiger partial charge in [-0.25, -0.2) is 9.37 Å². The van der Waals surface area contributed by atoms with Gasteiger partial charge in [0.1, 0.15) is 5.82 Å². The lowest BCUT2D eigenvalue weighted by Gasteiger charge is -2.14. The van der Waals surface area contributed by atoms with Gasteiger partial charge in [0.05, 0.1) is 33.5 Å². The summed E-state index contributed by atoms with van der Waals surface area (Å²) in [4.78, 5) is 17.9. The number of thioether (sulfide) groups is 1. The van der Waals surface area contributed by atoms with E-state index in [1.807, 2.05) is 22.1 Å². The molecule has 1 fully saturated rings. The molecule has 160 valence electrons. The Morgan fingerprint density at radius 1 is 1.35 bits per heavy atom. The molecule has 4 heterocycles. The zero-order valence-corrected chi connectivity index (χ0v) is 18.7. The Kier molecular flexibility index (Phi) is 5.99. The summed E-state index contributed by atoms with van der Waals surface area (Å²) in [6, 6.07) is 8.37. The van der Waals surface area contributed by atoms with Gasteiger partial charge in [0.2, 0.25) is 5.91 Å². The molecular formula is C20H18FN5O2S3. The number of nitrogens with zero attached hydrogens (tertiary/aromatic N) is 4. The molecule has 0 saturated carbocycles. The van der Waals surface area contributed by atoms with Gasteiger partial charge in [-0.2, -0.15) is 0 Å². The molecule has 1 aliphatic rings. The Morgan fingerprint density at radius 3 is 3.10 bits per heavy atom. The zero-order chi connectivity index (χ0) is 21.2. The monoisotopic (exact) mass is 475 g/mol. The lowest BCUT2D eigenvalue weighted by molar-refractivity contribution is -0.113. The Labute approximate surface area is 189 Å². The summed E-state index contributed by atoms with van der Waals surface area (Å²) in [6.45, 7) is 1.44. The van der Waals surface area contributed by atoms with Crippen LogP contribution >= 0.6 is 34.4 Å². The van der Waals surface area contributed by atoms with Crippen molar-refractivity contribution in [1.82, 2.24) is 19.7 Å². The molecule has 3 aromatic heterocycles. The number of halogens is 1. The van der Waals surface area contributed by atoms with Crippen LogP contribution in [0.2, 0.25) is 0 Å². The second-order valence-electron chi connectivity index (χ2n) is 7.00. The molecule has 11 heteroatoms. The second-order valence-corrected chi connectivity index (χ2v) is 9.92. The van der Waals surface area contributed by atoms with Gasteiger partial charge in [-0.15, -0.1) is 21.5 Å². The number of hydrogen-bond acceptors (Lipinski definition) is 8. The van der Waals surface area contributed by atoms with Crippen LogP contribution in [0.15, 0.2) is 40.9 Å². The van der Waals surface area contributed by atoms with Gasteiger partial charge < -0.3 is 10.1 Å². The molecule has 0 radical (unpaired) electrons. The molecule has 1 amide bonds. The molecule has 1 N–H and O–H groups in total. The molecule has 5 rings (SSSR count). The number of rotatable bonds is 7. The molecule has 1 atom stereocenters. The van der Waals surface area contributed by atoms with E-state index in [2.05, 4.69) is 20.5 Å². The molecule has 31 heavy (non-hydrogen) atoms. The summed E-state index contributed by atoms with van der Waals surface area (Å²) < 4.78 is 21.9. The maximum Gasteiger partial charge on any atom is 0.236 e. The largest absolute Gasteiger partial charge is 0.376 e. The number of thiophene rings is 1. The fourth-order valence-corrected chi connectivity index (χ4v) is 5.75. The summed E-state index contributed by atoms with van der Waals surface area (Å²) in [7, 11) is 0. The van der Waals surface area contributed by atoms with Gasteiger partial charge in [0.15, 0.2) is 16.1 Å². The number of carbonyl (C=O) groups excluding carboxylic acids is 1. The molecule has 1 aromatic carbocycles. The average molecular weight is 476 g/mol. The van der Waals surface area contributed by atoms with Gasteiger partial charge in [-0.05, 0) is 42.5 Å². The number of hydrogen-bond donors (Lipinski definition) is 1. The van der Waals surface area contributed by atoms with Crippen molar-refractivity contribution in [1.29, 1.82) is 0 Å². The van der Waals surface area contributed by atoms with Gasteiger partial charge >= 0.3 is 0 Å². The summed E-state index contributed by atoms with van der Waals surface area (Å²) in [5.74, 6) is 0.436. The molecule has 4 aromatic rings. The summed E-state index contributed by atoms with van der Waals surface area (Å²) in [5, 5.41) is 14.6. The van der Waals surface area contributed by atoms with E-state index in [1.54, 1.807) is 17.4 Å². The summed E-state index contributed by atoms with van der Waals surface area (Å²) in [5.41, 5.74) is 0.659. The minimum Gasteiger partial charge on any atom is -0.376 e. The van der Waals surface area contributed by atoms with Crippen molar-refractivity contribution in [2.24, 2.45) is 0 Å². The van der Waals surface area contributed by atoms with Gasteiger partial charge in [0.25, 0.3) is 0 Å². The molecule has 1 aliphatic heterocycles. The Hall–Kier alpha value is -2.34. The molecule has 0 aliphatic carbocycles. The number of ether oxygens (including phenoxy) is 1. The van der Waals surface area contributed by atoms with Crippen molar-refractivity contribution < 1.29 is 13.9 Å². The van der Waals surface area contributed by atoms with E-state index in [-0.39, 0.29) is 23.6 Å². The smallest absolute Gasteiger partial charge is 0.236 e. The fourth-order valence-electron chi connectivity index (χ4n) is 3.38. The van der Waals surface area contributed by atoms with Crippen LogP contribution in [0.1, 0.15) is 12.8 Å². The van der Waals surface area contributed by atoms with Gasteiger partial charge in [0, 0.05) is 6.61 Å². The van der Waals surface area contributed by atoms with E-state index in [9.17, 15) is 9.18 Å². The van der Waals surface area contributed by atoms with Crippen LogP contribution in [-0.4, -0.2) is 44.1 Å². The molecule has 1 unspecified atom stereocenters. The van der Waals surface area contributed by atoms with E-state index in [0.29, 0.717) is 27.0 Å². The highest BCUT2D eigenvalue weighted by molar-refractivity contribution is 7.99. The first-order valence-corrected chi connectivity index (χ1v) is 12.4. The average Bonchev–Trinajstić information content (AvgIpc) is 3.54. The molecule has 0 spiro atoms. The number of thiazole rings is 1. The number of carbonyl (C=O) groups is 1. The zero-order valence-electron chi connectivity index (χ0n) is 16.3. The highest BCUT2D eigenvalue weighted by atomic mass is 32.2. The summed E-state index contributed by atoms with van der Waals surface area (Å²) in [6.07, 6.45) is 2.19. The van der Waals surface area contributed by atoms with E-state index < -0.39 is 0 Å². The normalized spacial score (nSPS) is 16.2. The van der Waals surface area contributed by atoms with E-state index in [1.165, 1.54) is 35.2 Å². The fraction of sp³-hybridized carbons (Fsp3) is 0.300. The quantitative estimate of drug-likeness (QED) is 0.391. The van der Waals surface area contributed by atoms with Gasteiger partial charge in [-0.1, -0.05) is 29.2 Å². The number of aromatic nitrogens is 4. The Morgan fingerprint density at radius 2 is 2.29 bits per heavy atom. The number of fused-ring (bicyclic) bond motifs is 1. The van der Waals surface area contributed by atoms with E-state index in [4.69, 9.17) is 4.74 Å². The minimum atomic E-state index is -0.322. The third kappa shape index (κ3) is 4.64. The summed E-state index contributed by atoms with van der Waals surface area (Å²) >= 11 is 4.18. The minimum absolute atomic E-state index is 0.131. The Balaban J connectivity index is 1.29. The van der Waals surface area contributed by atoms with Crippen LogP contribution in [0.5, 0.6) is 0 Å². The third-order valence-corrected chi connectivity index (χ3v) is 7.56. The standard InChI is InChI=1S/C20H18FN5O2S3/c21-12-5-6-14-16(9-12)31-19(22-14)23-17(27)11-30-20-25-24-18(15-4-2-8-29-15)26(20)10-13-3-1-7-28-13/h2,4-6,8-9,13H,1,3,7,10-11H2,(H,22,23,27). The SMILES string of the molecule is O=C(CSc1nnc(-c2cccs2)n1CC1CCCO1)Nc1nc2ccc(F)cc2s1. The molecular weight excluding hydrogens is 457 g/mol. The maximum absolute atomic E-state index is 13.4. The third-order valence-electron chi connectivity index (χ3n) is 4.80. The number of nitrogens with one attached hydrogen (secondary N) is 1. The van der Waals surface area contributed by atoms with E-state index >= 15 is 0 Å². The van der Waals surface area contributed by atoms with Crippen molar-refractivity contribution in [2.45, 2.75) is 30.6 Å². The van der Waals surface area contributed by atoms with Gasteiger partial charge in [-0.3, -0.25) is 9.36 Å². The van der Waals surface area contributed by atoms with Crippen LogP contribution in [0.3, 0.4) is 0 Å². The predicted molar refractivity (Wildman–Crippen MR) is 121 cm³/mol. The van der Waals surface area contributed by atoms with E-state index in [0.717, 1.165) is 30.2 Å². The van der Waals surface area contributed by atoms with Crippen molar-refractivity contribution in [3.63, 3.8) is 0 Å². The highest BCUT2D eigenvalue weighted by Crippen LogP contribution is 2.30. The highest BCUT2D eigenvalue weighted by Gasteiger charge is 2.22. The number of anilines is 1. The second kappa shape index (κ2) is 9.03. The maximum atomic E-state index is 13.4. The van der Waals surface area contributed by atoms with Crippen molar-refractivity contribution in [3.05, 3.63) is 41.5 Å². The van der Waals surface area contributed by atoms with Crippen LogP contribution in [0.25, 0.3) is 20.9 Å². The first-order chi connectivity index (χ1) is 15.2. The molecule has 0 bridgehead atoms. The van der Waals surface area contributed by atoms with Crippen molar-refractivity contribution in [3.8, 4) is 10.7 Å². The topological polar surface area (TPSA) is 81.9 Å². The predicted octanol–water partition coefficient (Wildman–Crippen LogP) is 4.67.